The molecule has 1 aliphatic rings. The zero-order valence-electron chi connectivity index (χ0n) is 10.00. The molecule has 0 saturated carbocycles. The van der Waals surface area contributed by atoms with E-state index in [9.17, 15) is 13.2 Å². The number of nitrogens with one attached hydrogen (secondary N) is 1. The molecule has 1 atom stereocenters. The Balaban J connectivity index is 2.05. The second kappa shape index (κ2) is 5.40. The van der Waals surface area contributed by atoms with Gasteiger partial charge in [0.25, 0.3) is 0 Å². The Morgan fingerprint density at radius 1 is 1.50 bits per heavy atom. The molecule has 0 aliphatic carbocycles. The van der Waals surface area contributed by atoms with Crippen molar-refractivity contribution in [1.82, 2.24) is 14.7 Å². The summed E-state index contributed by atoms with van der Waals surface area (Å²) >= 11 is 0.810. The van der Waals surface area contributed by atoms with Gasteiger partial charge in [-0.15, -0.1) is 0 Å². The van der Waals surface area contributed by atoms with Crippen molar-refractivity contribution in [2.45, 2.75) is 32.0 Å². The molecule has 8 heteroatoms. The fourth-order valence-electron chi connectivity index (χ4n) is 1.98. The Morgan fingerprint density at radius 2 is 2.28 bits per heavy atom. The van der Waals surface area contributed by atoms with Crippen molar-refractivity contribution in [3.63, 3.8) is 0 Å². The molecule has 1 unspecified atom stereocenters. The summed E-state index contributed by atoms with van der Waals surface area (Å²) in [6.45, 7) is 4.20. The molecule has 4 nitrogen and oxygen atoms in total. The van der Waals surface area contributed by atoms with Crippen LogP contribution in [0, 0.1) is 0 Å². The van der Waals surface area contributed by atoms with Gasteiger partial charge < -0.3 is 10.2 Å². The van der Waals surface area contributed by atoms with Gasteiger partial charge in [0.05, 0.1) is 0 Å². The second-order valence-electron chi connectivity index (χ2n) is 4.23. The summed E-state index contributed by atoms with van der Waals surface area (Å²) in [6.07, 6.45) is -2.28. The maximum atomic E-state index is 12.4. The van der Waals surface area contributed by atoms with Crippen molar-refractivity contribution >= 4 is 16.7 Å². The monoisotopic (exact) mass is 280 g/mol. The highest BCUT2D eigenvalue weighted by Gasteiger charge is 2.36. The molecular formula is C10H15F3N4S. The lowest BCUT2D eigenvalue weighted by Gasteiger charge is -2.23. The largest absolute Gasteiger partial charge is 0.452 e. The average Bonchev–Trinajstić information content (AvgIpc) is 2.95. The fourth-order valence-corrected chi connectivity index (χ4v) is 2.74. The van der Waals surface area contributed by atoms with Crippen LogP contribution in [0.1, 0.15) is 25.6 Å². The average molecular weight is 280 g/mol. The van der Waals surface area contributed by atoms with Crippen LogP contribution in [0.15, 0.2) is 0 Å². The molecule has 0 aromatic carbocycles. The van der Waals surface area contributed by atoms with Crippen LogP contribution in [0.5, 0.6) is 0 Å². The van der Waals surface area contributed by atoms with Gasteiger partial charge in [-0.2, -0.15) is 22.5 Å². The molecule has 0 spiro atoms. The minimum absolute atomic E-state index is 0.336. The molecule has 1 N–H and O–H groups in total. The number of alkyl halides is 3. The van der Waals surface area contributed by atoms with Gasteiger partial charge in [-0.05, 0) is 26.3 Å². The van der Waals surface area contributed by atoms with Gasteiger partial charge >= 0.3 is 6.18 Å². The molecule has 1 fully saturated rings. The number of hydrogen-bond donors (Lipinski definition) is 1. The van der Waals surface area contributed by atoms with Gasteiger partial charge in [0.1, 0.15) is 0 Å². The van der Waals surface area contributed by atoms with E-state index in [1.54, 1.807) is 0 Å². The predicted octanol–water partition coefficient (Wildman–Crippen LogP) is 2.14. The smallest absolute Gasteiger partial charge is 0.346 e. The fraction of sp³-hybridized carbons (Fsp3) is 0.800. The molecule has 2 heterocycles. The van der Waals surface area contributed by atoms with Crippen LogP contribution in [-0.4, -0.2) is 35.0 Å². The molecule has 0 amide bonds. The number of halogens is 3. The Labute approximate surface area is 107 Å². The topological polar surface area (TPSA) is 41.0 Å². The van der Waals surface area contributed by atoms with Gasteiger partial charge in [0.15, 0.2) is 0 Å². The van der Waals surface area contributed by atoms with Crippen molar-refractivity contribution in [2.75, 3.05) is 24.5 Å². The standard InChI is InChI=1S/C10H15F3N4S/c1-2-17(6-7-4-3-5-14-7)9-15-8(16-18-9)10(11,12)13/h7,14H,2-6H2,1H3. The maximum Gasteiger partial charge on any atom is 0.452 e. The molecule has 2 rings (SSSR count). The van der Waals surface area contributed by atoms with Crippen molar-refractivity contribution in [3.05, 3.63) is 5.82 Å². The summed E-state index contributed by atoms with van der Waals surface area (Å²) in [5.74, 6) is -1.04. The van der Waals surface area contributed by atoms with E-state index in [1.807, 2.05) is 11.8 Å². The third-order valence-electron chi connectivity index (χ3n) is 2.92. The first-order valence-electron chi connectivity index (χ1n) is 5.90. The summed E-state index contributed by atoms with van der Waals surface area (Å²) in [5.41, 5.74) is 0. The molecule has 1 aromatic rings. The van der Waals surface area contributed by atoms with Crippen LogP contribution in [0.4, 0.5) is 18.3 Å². The van der Waals surface area contributed by atoms with Gasteiger partial charge in [-0.3, -0.25) is 0 Å². The number of rotatable bonds is 4. The highest BCUT2D eigenvalue weighted by molar-refractivity contribution is 7.09. The Morgan fingerprint density at radius 3 is 2.78 bits per heavy atom. The van der Waals surface area contributed by atoms with Crippen LogP contribution >= 0.6 is 11.5 Å². The lowest BCUT2D eigenvalue weighted by Crippen LogP contribution is -2.37. The van der Waals surface area contributed by atoms with Gasteiger partial charge in [0, 0.05) is 30.7 Å². The first-order valence-corrected chi connectivity index (χ1v) is 6.67. The van der Waals surface area contributed by atoms with E-state index in [2.05, 4.69) is 14.7 Å². The molecule has 0 bridgehead atoms. The van der Waals surface area contributed by atoms with Crippen LogP contribution in [0.2, 0.25) is 0 Å². The normalized spacial score (nSPS) is 20.3. The third-order valence-corrected chi connectivity index (χ3v) is 3.70. The number of aromatic nitrogens is 2. The van der Waals surface area contributed by atoms with E-state index in [0.717, 1.165) is 30.9 Å². The molecule has 18 heavy (non-hydrogen) atoms. The van der Waals surface area contributed by atoms with Crippen molar-refractivity contribution in [1.29, 1.82) is 0 Å². The Hall–Kier alpha value is -0.890. The van der Waals surface area contributed by atoms with Crippen LogP contribution in [-0.2, 0) is 6.18 Å². The van der Waals surface area contributed by atoms with E-state index in [4.69, 9.17) is 0 Å². The highest BCUT2D eigenvalue weighted by atomic mass is 32.1. The molecule has 102 valence electrons. The lowest BCUT2D eigenvalue weighted by atomic mass is 10.2. The summed E-state index contributed by atoms with van der Waals surface area (Å²) in [4.78, 5) is 5.42. The second-order valence-corrected chi connectivity index (χ2v) is 4.96. The first-order chi connectivity index (χ1) is 8.50. The van der Waals surface area contributed by atoms with Crippen molar-refractivity contribution < 1.29 is 13.2 Å². The van der Waals surface area contributed by atoms with Crippen molar-refractivity contribution in [3.8, 4) is 0 Å². The summed E-state index contributed by atoms with van der Waals surface area (Å²) in [5, 5.41) is 3.67. The van der Waals surface area contributed by atoms with Gasteiger partial charge in [-0.1, -0.05) is 0 Å². The van der Waals surface area contributed by atoms with Crippen LogP contribution in [0.3, 0.4) is 0 Å². The number of nitrogens with zero attached hydrogens (tertiary/aromatic N) is 3. The summed E-state index contributed by atoms with van der Waals surface area (Å²) < 4.78 is 40.6. The molecule has 1 aromatic heterocycles. The quantitative estimate of drug-likeness (QED) is 0.917. The third kappa shape index (κ3) is 3.11. The highest BCUT2D eigenvalue weighted by Crippen LogP contribution is 2.30. The molecule has 1 aliphatic heterocycles. The van der Waals surface area contributed by atoms with E-state index in [0.29, 0.717) is 24.3 Å². The van der Waals surface area contributed by atoms with Gasteiger partial charge in [0.2, 0.25) is 11.0 Å². The maximum absolute atomic E-state index is 12.4. The summed E-state index contributed by atoms with van der Waals surface area (Å²) in [6, 6.07) is 0.336. The molecule has 1 saturated heterocycles. The van der Waals surface area contributed by atoms with Crippen LogP contribution in [0.25, 0.3) is 0 Å². The number of likely N-dealkylation sites (N-methyl/N-ethyl adjacent to an activating group) is 1. The SMILES string of the molecule is CCN(CC1CCCN1)c1nc(C(F)(F)F)ns1. The minimum atomic E-state index is -4.46. The van der Waals surface area contributed by atoms with Crippen molar-refractivity contribution in [2.24, 2.45) is 0 Å². The summed E-state index contributed by atoms with van der Waals surface area (Å²) in [7, 11) is 0. The minimum Gasteiger partial charge on any atom is -0.346 e. The first kappa shape index (κ1) is 13.5. The number of hydrogen-bond acceptors (Lipinski definition) is 5. The zero-order valence-corrected chi connectivity index (χ0v) is 10.8. The van der Waals surface area contributed by atoms with E-state index in [-0.39, 0.29) is 0 Å². The Kier molecular flexibility index (Phi) is 4.06. The number of anilines is 1. The van der Waals surface area contributed by atoms with Crippen LogP contribution < -0.4 is 10.2 Å². The van der Waals surface area contributed by atoms with Gasteiger partial charge in [-0.25, -0.2) is 0 Å². The lowest BCUT2D eigenvalue weighted by molar-refractivity contribution is -0.144. The molecular weight excluding hydrogens is 265 g/mol. The van der Waals surface area contributed by atoms with E-state index >= 15 is 0 Å². The van der Waals surface area contributed by atoms with E-state index in [1.165, 1.54) is 0 Å². The molecule has 0 radical (unpaired) electrons. The zero-order chi connectivity index (χ0) is 13.2. The predicted molar refractivity (Wildman–Crippen MR) is 63.8 cm³/mol. The Bertz CT molecular complexity index is 387. The van der Waals surface area contributed by atoms with E-state index < -0.39 is 12.0 Å².